The zero-order valence-corrected chi connectivity index (χ0v) is 28.3. The lowest BCUT2D eigenvalue weighted by Crippen LogP contribution is -2.67. The fourth-order valence-corrected chi connectivity index (χ4v) is 6.39. The van der Waals surface area contributed by atoms with Crippen molar-refractivity contribution in [3.05, 3.63) is 52.7 Å². The molecule has 292 valence electrons. The van der Waals surface area contributed by atoms with Gasteiger partial charge in [-0.15, -0.1) is 0 Å². The van der Waals surface area contributed by atoms with Crippen LogP contribution in [0.25, 0.3) is 22.3 Å². The molecule has 4 heterocycles. The van der Waals surface area contributed by atoms with Crippen molar-refractivity contribution in [2.24, 2.45) is 0 Å². The van der Waals surface area contributed by atoms with E-state index in [2.05, 4.69) is 0 Å². The number of aliphatic hydroxyl groups excluding tert-OH is 9. The number of benzene rings is 2. The Morgan fingerprint density at radius 1 is 0.660 bits per heavy atom. The molecule has 19 heteroatoms. The van der Waals surface area contributed by atoms with Crippen molar-refractivity contribution in [1.29, 1.82) is 0 Å². The molecular formula is C34H42O19. The molecular weight excluding hydrogens is 712 g/mol. The van der Waals surface area contributed by atoms with Crippen molar-refractivity contribution >= 4 is 11.0 Å². The van der Waals surface area contributed by atoms with Crippen LogP contribution in [0.1, 0.15) is 6.92 Å². The summed E-state index contributed by atoms with van der Waals surface area (Å²) in [6.45, 7) is -0.269. The van der Waals surface area contributed by atoms with Gasteiger partial charge in [-0.25, -0.2) is 0 Å². The van der Waals surface area contributed by atoms with Gasteiger partial charge < -0.3 is 88.6 Å². The first kappa shape index (κ1) is 39.2. The molecule has 3 aliphatic heterocycles. The zero-order valence-electron chi connectivity index (χ0n) is 28.3. The fourth-order valence-electron chi connectivity index (χ4n) is 6.39. The predicted molar refractivity (Wildman–Crippen MR) is 174 cm³/mol. The fraction of sp³-hybridized carbons (Fsp3) is 0.559. The maximum absolute atomic E-state index is 13.0. The third kappa shape index (κ3) is 7.72. The van der Waals surface area contributed by atoms with Gasteiger partial charge in [0.15, 0.2) is 24.1 Å². The Balaban J connectivity index is 1.32. The second kappa shape index (κ2) is 16.1. The molecule has 0 saturated carbocycles. The molecule has 3 saturated heterocycles. The van der Waals surface area contributed by atoms with Gasteiger partial charge >= 0.3 is 0 Å². The van der Waals surface area contributed by atoms with Crippen molar-refractivity contribution in [3.63, 3.8) is 0 Å². The van der Waals surface area contributed by atoms with Crippen LogP contribution in [-0.4, -0.2) is 164 Å². The summed E-state index contributed by atoms with van der Waals surface area (Å²) in [7, 11) is 1.49. The van der Waals surface area contributed by atoms with E-state index < -0.39 is 117 Å². The minimum atomic E-state index is -1.92. The summed E-state index contributed by atoms with van der Waals surface area (Å²) in [4.78, 5) is 13.0. The van der Waals surface area contributed by atoms with Gasteiger partial charge in [-0.1, -0.05) is 0 Å². The summed E-state index contributed by atoms with van der Waals surface area (Å²) in [6.07, 6.45) is -25.5. The Morgan fingerprint density at radius 3 is 1.85 bits per heavy atom. The first-order valence-electron chi connectivity index (χ1n) is 16.6. The lowest BCUT2D eigenvalue weighted by atomic mass is 9.96. The summed E-state index contributed by atoms with van der Waals surface area (Å²) in [5.41, 5.74) is -0.199. The Bertz CT molecular complexity index is 1750. The van der Waals surface area contributed by atoms with Gasteiger partial charge in [-0.2, -0.15) is 0 Å². The number of fused-ring (bicyclic) bond motifs is 1. The van der Waals surface area contributed by atoms with Gasteiger partial charge in [0, 0.05) is 23.8 Å². The molecule has 19 nitrogen and oxygen atoms in total. The first-order chi connectivity index (χ1) is 25.3. The summed E-state index contributed by atoms with van der Waals surface area (Å²) in [5.74, 6) is -0.0612. The van der Waals surface area contributed by atoms with E-state index in [0.29, 0.717) is 11.3 Å². The lowest BCUT2D eigenvalue weighted by Gasteiger charge is -2.48. The molecule has 0 amide bonds. The molecule has 0 radical (unpaired) electrons. The van der Waals surface area contributed by atoms with Gasteiger partial charge in [0.1, 0.15) is 95.0 Å². The lowest BCUT2D eigenvalue weighted by molar-refractivity contribution is -0.387. The number of methoxy groups -OCH3 is 1. The molecule has 6 unspecified atom stereocenters. The molecule has 6 rings (SSSR count). The van der Waals surface area contributed by atoms with Crippen LogP contribution in [0.4, 0.5) is 0 Å². The number of hydrogen-bond donors (Lipinski definition) is 10. The molecule has 15 atom stereocenters. The Labute approximate surface area is 300 Å². The SMILES string of the molecule is COc1ccc(-c2cc(=O)c3c(O)cc(O[C@@H]4OC(CO)[C@@H](O)[C@H](O)C4O[C@@H]4OC(CO)[C@@H](O)[C@H](O)C4O[C@@H]4OC(C)[C@H](O)C(O)[C@@H]4O)cc3o2)cc1. The summed E-state index contributed by atoms with van der Waals surface area (Å²) in [5, 5.41) is 105. The van der Waals surface area contributed by atoms with Crippen molar-refractivity contribution in [3.8, 4) is 28.6 Å². The van der Waals surface area contributed by atoms with Crippen molar-refractivity contribution in [2.75, 3.05) is 20.3 Å². The topological polar surface area (TPSA) is 297 Å². The van der Waals surface area contributed by atoms with Crippen LogP contribution in [0.2, 0.25) is 0 Å². The average Bonchev–Trinajstić information content (AvgIpc) is 3.14. The van der Waals surface area contributed by atoms with Crippen LogP contribution in [0.5, 0.6) is 17.2 Å². The number of aliphatic hydroxyl groups is 9. The zero-order chi connectivity index (χ0) is 38.3. The quantitative estimate of drug-likeness (QED) is 0.0988. The molecule has 0 aliphatic carbocycles. The average molecular weight is 755 g/mol. The van der Waals surface area contributed by atoms with Gasteiger partial charge in [-0.05, 0) is 31.2 Å². The predicted octanol–water partition coefficient (Wildman–Crippen LogP) is -2.97. The van der Waals surface area contributed by atoms with E-state index in [-0.39, 0.29) is 22.5 Å². The Hall–Kier alpha value is -3.51. The highest BCUT2D eigenvalue weighted by molar-refractivity contribution is 5.86. The van der Waals surface area contributed by atoms with Crippen LogP contribution in [0.3, 0.4) is 0 Å². The number of ether oxygens (including phenoxy) is 7. The van der Waals surface area contributed by atoms with E-state index in [0.717, 1.165) is 6.07 Å². The van der Waals surface area contributed by atoms with E-state index in [1.165, 1.54) is 26.2 Å². The molecule has 1 aromatic heterocycles. The number of hydrogen-bond acceptors (Lipinski definition) is 19. The monoisotopic (exact) mass is 754 g/mol. The van der Waals surface area contributed by atoms with E-state index in [1.54, 1.807) is 24.3 Å². The van der Waals surface area contributed by atoms with Crippen molar-refractivity contribution < 1.29 is 88.6 Å². The highest BCUT2D eigenvalue weighted by Gasteiger charge is 2.54. The van der Waals surface area contributed by atoms with Crippen LogP contribution in [-0.2, 0) is 23.7 Å². The Morgan fingerprint density at radius 2 is 1.25 bits per heavy atom. The van der Waals surface area contributed by atoms with Gasteiger partial charge in [0.05, 0.1) is 26.4 Å². The number of aromatic hydroxyl groups is 1. The molecule has 2 aromatic carbocycles. The van der Waals surface area contributed by atoms with Gasteiger partial charge in [-0.3, -0.25) is 4.79 Å². The molecule has 3 aliphatic rings. The highest BCUT2D eigenvalue weighted by Crippen LogP contribution is 2.36. The smallest absolute Gasteiger partial charge is 0.229 e. The van der Waals surface area contributed by atoms with E-state index >= 15 is 0 Å². The largest absolute Gasteiger partial charge is 0.507 e. The molecule has 0 bridgehead atoms. The first-order valence-corrected chi connectivity index (χ1v) is 16.6. The van der Waals surface area contributed by atoms with E-state index in [9.17, 15) is 55.9 Å². The van der Waals surface area contributed by atoms with Crippen LogP contribution >= 0.6 is 0 Å². The molecule has 10 N–H and O–H groups in total. The van der Waals surface area contributed by atoms with Crippen LogP contribution < -0.4 is 14.9 Å². The van der Waals surface area contributed by atoms with Crippen molar-refractivity contribution in [1.82, 2.24) is 0 Å². The van der Waals surface area contributed by atoms with Gasteiger partial charge in [0.2, 0.25) is 6.29 Å². The van der Waals surface area contributed by atoms with Crippen molar-refractivity contribution in [2.45, 2.75) is 99.0 Å². The number of phenols is 1. The third-order valence-electron chi connectivity index (χ3n) is 9.45. The molecule has 53 heavy (non-hydrogen) atoms. The molecule has 0 spiro atoms. The minimum Gasteiger partial charge on any atom is -0.507 e. The summed E-state index contributed by atoms with van der Waals surface area (Å²) in [6, 6.07) is 10.1. The standard InChI is InChI=1S/C34H42O19/c1-12-23(39)26(42)29(45)32(47-12)52-31-28(44)25(41)21(11-36)51-34(31)53-30-27(43)24(40)20(10-35)50-33(30)48-15-7-16(37)22-17(38)9-18(49-19(22)8-15)13-3-5-14(46-2)6-4-13/h3-9,12,20-21,23-37,39-45H,10-11H2,1-2H3/t12?,20?,21?,23-,24+,25+,26?,27-,28-,29-,30?,31?,32-,33+,34-/m0/s1. The van der Waals surface area contributed by atoms with Gasteiger partial charge in [0.25, 0.3) is 0 Å². The third-order valence-corrected chi connectivity index (χ3v) is 9.45. The maximum Gasteiger partial charge on any atom is 0.229 e. The number of phenolic OH excluding ortho intramolecular Hbond substituents is 1. The van der Waals surface area contributed by atoms with E-state index in [4.69, 9.17) is 37.6 Å². The van der Waals surface area contributed by atoms with E-state index in [1.807, 2.05) is 0 Å². The minimum absolute atomic E-state index is 0.120. The Kier molecular flexibility index (Phi) is 11.9. The normalized spacial score (nSPS) is 37.8. The second-order valence-corrected chi connectivity index (χ2v) is 12.9. The number of rotatable bonds is 10. The highest BCUT2D eigenvalue weighted by atomic mass is 16.8. The second-order valence-electron chi connectivity index (χ2n) is 12.9. The van der Waals surface area contributed by atoms with Crippen LogP contribution in [0.15, 0.2) is 51.7 Å². The molecule has 3 fully saturated rings. The maximum atomic E-state index is 13.0. The summed E-state index contributed by atoms with van der Waals surface area (Å²) < 4.78 is 45.6. The molecule has 3 aromatic rings. The van der Waals surface area contributed by atoms with Crippen LogP contribution in [0, 0.1) is 0 Å². The summed E-state index contributed by atoms with van der Waals surface area (Å²) >= 11 is 0.